The van der Waals surface area contributed by atoms with Gasteiger partial charge in [-0.25, -0.2) is 13.6 Å². The fourth-order valence-electron chi connectivity index (χ4n) is 2.67. The Kier molecular flexibility index (Phi) is 6.58. The summed E-state index contributed by atoms with van der Waals surface area (Å²) >= 11 is 0. The number of aliphatic hydroxyl groups excluding tert-OH is 1. The first-order valence-electron chi connectivity index (χ1n) is 7.82. The number of benzene rings is 1. The predicted octanol–water partition coefficient (Wildman–Crippen LogP) is 2.19. The Hall–Kier alpha value is -1.89. The van der Waals surface area contributed by atoms with Crippen molar-refractivity contribution < 1.29 is 23.4 Å². The Bertz CT molecular complexity index is 528. The fourth-order valence-corrected chi connectivity index (χ4v) is 2.67. The lowest BCUT2D eigenvalue weighted by Gasteiger charge is -2.25. The van der Waals surface area contributed by atoms with Gasteiger partial charge in [-0.1, -0.05) is 6.42 Å². The van der Waals surface area contributed by atoms with E-state index in [4.69, 9.17) is 4.74 Å². The van der Waals surface area contributed by atoms with Gasteiger partial charge in [-0.05, 0) is 37.3 Å². The second kappa shape index (κ2) is 8.67. The Morgan fingerprint density at radius 3 is 2.87 bits per heavy atom. The number of urea groups is 1. The molecule has 2 rings (SSSR count). The molecule has 0 saturated heterocycles. The van der Waals surface area contributed by atoms with Crippen molar-refractivity contribution in [3.63, 3.8) is 0 Å². The van der Waals surface area contributed by atoms with E-state index in [-0.39, 0.29) is 31.0 Å². The number of aliphatic hydroxyl groups is 1. The van der Waals surface area contributed by atoms with Crippen molar-refractivity contribution >= 4 is 6.03 Å². The average Bonchev–Trinajstić information content (AvgIpc) is 2.51. The van der Waals surface area contributed by atoms with Crippen LogP contribution in [0, 0.1) is 17.6 Å². The molecule has 0 radical (unpaired) electrons. The van der Waals surface area contributed by atoms with Crippen LogP contribution < -0.4 is 15.4 Å². The zero-order chi connectivity index (χ0) is 16.7. The summed E-state index contributed by atoms with van der Waals surface area (Å²) in [6.45, 7) is 0.810. The number of carbonyl (C=O) groups excluding carboxylic acids is 1. The van der Waals surface area contributed by atoms with Crippen molar-refractivity contribution in [3.8, 4) is 5.75 Å². The molecular weight excluding hydrogens is 306 g/mol. The maximum Gasteiger partial charge on any atom is 0.314 e. The fraction of sp³-hybridized carbons (Fsp3) is 0.562. The molecule has 0 aromatic heterocycles. The molecule has 0 spiro atoms. The van der Waals surface area contributed by atoms with E-state index in [0.717, 1.165) is 31.4 Å². The SMILES string of the molecule is O=C(NCCOc1ccc(F)cc1F)NCC1CCCC(O)C1. The van der Waals surface area contributed by atoms with Crippen LogP contribution in [0.1, 0.15) is 25.7 Å². The summed E-state index contributed by atoms with van der Waals surface area (Å²) < 4.78 is 31.2. The Morgan fingerprint density at radius 1 is 1.30 bits per heavy atom. The number of nitrogens with one attached hydrogen (secondary N) is 2. The van der Waals surface area contributed by atoms with Gasteiger partial charge < -0.3 is 20.5 Å². The summed E-state index contributed by atoms with van der Waals surface area (Å²) in [6, 6.07) is 2.73. The smallest absolute Gasteiger partial charge is 0.314 e. The molecule has 2 atom stereocenters. The number of carbonyl (C=O) groups is 1. The van der Waals surface area contributed by atoms with Crippen LogP contribution in [0.3, 0.4) is 0 Å². The van der Waals surface area contributed by atoms with Gasteiger partial charge in [0.1, 0.15) is 12.4 Å². The van der Waals surface area contributed by atoms with Crippen LogP contribution in [0.25, 0.3) is 0 Å². The molecule has 1 aliphatic carbocycles. The summed E-state index contributed by atoms with van der Waals surface area (Å²) in [5, 5.41) is 14.9. The molecule has 2 amide bonds. The van der Waals surface area contributed by atoms with Crippen LogP contribution >= 0.6 is 0 Å². The van der Waals surface area contributed by atoms with Crippen molar-refractivity contribution in [2.24, 2.45) is 5.92 Å². The highest BCUT2D eigenvalue weighted by Gasteiger charge is 2.20. The van der Waals surface area contributed by atoms with Gasteiger partial charge in [0, 0.05) is 12.6 Å². The van der Waals surface area contributed by atoms with Crippen molar-refractivity contribution in [1.82, 2.24) is 10.6 Å². The van der Waals surface area contributed by atoms with Gasteiger partial charge in [0.2, 0.25) is 0 Å². The van der Waals surface area contributed by atoms with Crippen LogP contribution in [-0.4, -0.2) is 36.9 Å². The number of hydrogen-bond acceptors (Lipinski definition) is 3. The number of rotatable bonds is 6. The normalized spacial score (nSPS) is 20.8. The van der Waals surface area contributed by atoms with Crippen LogP contribution in [-0.2, 0) is 0 Å². The zero-order valence-corrected chi connectivity index (χ0v) is 12.9. The van der Waals surface area contributed by atoms with E-state index in [0.29, 0.717) is 18.9 Å². The second-order valence-corrected chi connectivity index (χ2v) is 5.75. The Labute approximate surface area is 134 Å². The predicted molar refractivity (Wildman–Crippen MR) is 81.2 cm³/mol. The van der Waals surface area contributed by atoms with E-state index < -0.39 is 11.6 Å². The first-order valence-corrected chi connectivity index (χ1v) is 7.82. The largest absolute Gasteiger partial charge is 0.489 e. The Morgan fingerprint density at radius 2 is 2.13 bits per heavy atom. The quantitative estimate of drug-likeness (QED) is 0.701. The minimum Gasteiger partial charge on any atom is -0.489 e. The third-order valence-corrected chi connectivity index (χ3v) is 3.85. The zero-order valence-electron chi connectivity index (χ0n) is 12.9. The molecular formula is C16H22F2N2O3. The summed E-state index contributed by atoms with van der Waals surface area (Å²) in [5.41, 5.74) is 0. The van der Waals surface area contributed by atoms with Crippen molar-refractivity contribution in [2.75, 3.05) is 19.7 Å². The molecule has 5 nitrogen and oxygen atoms in total. The topological polar surface area (TPSA) is 70.6 Å². The monoisotopic (exact) mass is 328 g/mol. The van der Waals surface area contributed by atoms with Crippen LogP contribution in [0.5, 0.6) is 5.75 Å². The van der Waals surface area contributed by atoms with E-state index in [9.17, 15) is 18.7 Å². The van der Waals surface area contributed by atoms with Crippen LogP contribution in [0.15, 0.2) is 18.2 Å². The molecule has 2 unspecified atom stereocenters. The van der Waals surface area contributed by atoms with Gasteiger partial charge in [0.25, 0.3) is 0 Å². The highest BCUT2D eigenvalue weighted by Crippen LogP contribution is 2.23. The summed E-state index contributed by atoms with van der Waals surface area (Å²) in [5.74, 6) is -1.19. The molecule has 1 fully saturated rings. The third-order valence-electron chi connectivity index (χ3n) is 3.85. The van der Waals surface area contributed by atoms with E-state index in [2.05, 4.69) is 10.6 Å². The average molecular weight is 328 g/mol. The highest BCUT2D eigenvalue weighted by molar-refractivity contribution is 5.73. The standard InChI is InChI=1S/C16H22F2N2O3/c17-12-4-5-15(14(18)9-12)23-7-6-19-16(22)20-10-11-2-1-3-13(21)8-11/h4-5,9,11,13,21H,1-3,6-8,10H2,(H2,19,20,22). The molecule has 23 heavy (non-hydrogen) atoms. The van der Waals surface area contributed by atoms with E-state index in [1.54, 1.807) is 0 Å². The molecule has 0 heterocycles. The minimum absolute atomic E-state index is 0.0511. The molecule has 0 aliphatic heterocycles. The van der Waals surface area contributed by atoms with Gasteiger partial charge in [0.15, 0.2) is 11.6 Å². The van der Waals surface area contributed by atoms with Crippen LogP contribution in [0.2, 0.25) is 0 Å². The molecule has 1 aliphatic rings. The first-order chi connectivity index (χ1) is 11.0. The minimum atomic E-state index is -0.773. The summed E-state index contributed by atoms with van der Waals surface area (Å²) in [7, 11) is 0. The Balaban J connectivity index is 1.59. The summed E-state index contributed by atoms with van der Waals surface area (Å²) in [6.07, 6.45) is 3.27. The van der Waals surface area contributed by atoms with Crippen molar-refractivity contribution in [2.45, 2.75) is 31.8 Å². The maximum absolute atomic E-state index is 13.3. The molecule has 128 valence electrons. The highest BCUT2D eigenvalue weighted by atomic mass is 19.1. The summed E-state index contributed by atoms with van der Waals surface area (Å²) in [4.78, 5) is 11.6. The van der Waals surface area contributed by atoms with Gasteiger partial charge in [-0.2, -0.15) is 0 Å². The molecule has 7 heteroatoms. The van der Waals surface area contributed by atoms with Crippen molar-refractivity contribution in [1.29, 1.82) is 0 Å². The number of ether oxygens (including phenoxy) is 1. The van der Waals surface area contributed by atoms with Gasteiger partial charge in [-0.15, -0.1) is 0 Å². The third kappa shape index (κ3) is 6.02. The molecule has 3 N–H and O–H groups in total. The van der Waals surface area contributed by atoms with Gasteiger partial charge >= 0.3 is 6.03 Å². The molecule has 1 aromatic carbocycles. The molecule has 0 bridgehead atoms. The van der Waals surface area contributed by atoms with E-state index >= 15 is 0 Å². The van der Waals surface area contributed by atoms with E-state index in [1.807, 2.05) is 0 Å². The molecule has 1 aromatic rings. The number of hydrogen-bond donors (Lipinski definition) is 3. The van der Waals surface area contributed by atoms with Crippen molar-refractivity contribution in [3.05, 3.63) is 29.8 Å². The number of halogens is 2. The number of amides is 2. The maximum atomic E-state index is 13.3. The lowest BCUT2D eigenvalue weighted by molar-refractivity contribution is 0.101. The lowest BCUT2D eigenvalue weighted by Crippen LogP contribution is -2.41. The second-order valence-electron chi connectivity index (χ2n) is 5.75. The van der Waals surface area contributed by atoms with Gasteiger partial charge in [0.05, 0.1) is 12.6 Å². The lowest BCUT2D eigenvalue weighted by atomic mass is 9.87. The molecule has 1 saturated carbocycles. The van der Waals surface area contributed by atoms with Crippen LogP contribution in [0.4, 0.5) is 13.6 Å². The first kappa shape index (κ1) is 17.5. The van der Waals surface area contributed by atoms with Gasteiger partial charge in [-0.3, -0.25) is 0 Å². The van der Waals surface area contributed by atoms with E-state index in [1.165, 1.54) is 6.07 Å².